The number of hydrogen-bond acceptors (Lipinski definition) is 6. The van der Waals surface area contributed by atoms with Crippen LogP contribution in [-0.2, 0) is 11.3 Å². The molecular weight excluding hydrogens is 296 g/mol. The average molecular weight is 310 g/mol. The summed E-state index contributed by atoms with van der Waals surface area (Å²) in [4.78, 5) is 12.1. The molecule has 1 aromatic heterocycles. The molecule has 2 aromatic carbocycles. The number of hydrogen-bond donors (Lipinski definition) is 0. The van der Waals surface area contributed by atoms with Gasteiger partial charge in [0.05, 0.1) is 17.9 Å². The predicted molar refractivity (Wildman–Crippen MR) is 81.3 cm³/mol. The number of ether oxygens (including phenoxy) is 2. The minimum absolute atomic E-state index is 0.413. The molecule has 0 saturated heterocycles. The van der Waals surface area contributed by atoms with Crippen LogP contribution in [0.4, 0.5) is 0 Å². The molecule has 0 bridgehead atoms. The molecular formula is C16H14N4O3. The summed E-state index contributed by atoms with van der Waals surface area (Å²) in [6.07, 6.45) is 1.49. The van der Waals surface area contributed by atoms with Crippen molar-refractivity contribution >= 4 is 5.97 Å². The van der Waals surface area contributed by atoms with Gasteiger partial charge in [0, 0.05) is 7.11 Å². The standard InChI is InChI=1S/C16H14N4O3/c1-22-10-12-2-4-13(5-3-12)16(21)23-15-8-6-14(7-9-15)20-11-17-18-19-20/h2-9,11H,10H2,1H3. The molecule has 3 aromatic rings. The van der Waals surface area contributed by atoms with Gasteiger partial charge in [-0.25, -0.2) is 9.48 Å². The van der Waals surface area contributed by atoms with Crippen molar-refractivity contribution < 1.29 is 14.3 Å². The van der Waals surface area contributed by atoms with E-state index in [1.54, 1.807) is 43.5 Å². The molecule has 0 unspecified atom stereocenters. The third-order valence-electron chi connectivity index (χ3n) is 3.16. The molecule has 23 heavy (non-hydrogen) atoms. The van der Waals surface area contributed by atoms with Crippen molar-refractivity contribution in [3.63, 3.8) is 0 Å². The minimum Gasteiger partial charge on any atom is -0.423 e. The third kappa shape index (κ3) is 3.58. The van der Waals surface area contributed by atoms with Crippen LogP contribution in [-0.4, -0.2) is 33.3 Å². The first-order valence-corrected chi connectivity index (χ1v) is 6.90. The minimum atomic E-state index is -0.413. The Morgan fingerprint density at radius 3 is 2.43 bits per heavy atom. The van der Waals surface area contributed by atoms with Gasteiger partial charge in [-0.1, -0.05) is 12.1 Å². The molecule has 0 atom stereocenters. The Labute approximate surface area is 132 Å². The van der Waals surface area contributed by atoms with Gasteiger partial charge in [-0.2, -0.15) is 0 Å². The summed E-state index contributed by atoms with van der Waals surface area (Å²) in [6, 6.07) is 14.0. The lowest BCUT2D eigenvalue weighted by molar-refractivity contribution is 0.0734. The summed E-state index contributed by atoms with van der Waals surface area (Å²) >= 11 is 0. The molecule has 1 heterocycles. The Morgan fingerprint density at radius 2 is 1.83 bits per heavy atom. The van der Waals surface area contributed by atoms with E-state index >= 15 is 0 Å². The number of methoxy groups -OCH3 is 1. The molecule has 0 N–H and O–H groups in total. The van der Waals surface area contributed by atoms with Crippen molar-refractivity contribution in [3.8, 4) is 11.4 Å². The fourth-order valence-electron chi connectivity index (χ4n) is 2.02. The van der Waals surface area contributed by atoms with E-state index in [4.69, 9.17) is 9.47 Å². The quantitative estimate of drug-likeness (QED) is 0.530. The molecule has 7 nitrogen and oxygen atoms in total. The van der Waals surface area contributed by atoms with Crippen LogP contribution in [0.2, 0.25) is 0 Å². The highest BCUT2D eigenvalue weighted by Gasteiger charge is 2.09. The second kappa shape index (κ2) is 6.80. The van der Waals surface area contributed by atoms with Gasteiger partial charge in [0.2, 0.25) is 0 Å². The van der Waals surface area contributed by atoms with Crippen LogP contribution in [0.3, 0.4) is 0 Å². The topological polar surface area (TPSA) is 79.1 Å². The van der Waals surface area contributed by atoms with Crippen LogP contribution >= 0.6 is 0 Å². The molecule has 3 rings (SSSR count). The van der Waals surface area contributed by atoms with Crippen molar-refractivity contribution in [1.82, 2.24) is 20.2 Å². The number of carbonyl (C=O) groups excluding carboxylic acids is 1. The van der Waals surface area contributed by atoms with Crippen molar-refractivity contribution in [1.29, 1.82) is 0 Å². The van der Waals surface area contributed by atoms with Gasteiger partial charge in [0.15, 0.2) is 0 Å². The van der Waals surface area contributed by atoms with E-state index < -0.39 is 5.97 Å². The van der Waals surface area contributed by atoms with Crippen LogP contribution in [0.25, 0.3) is 5.69 Å². The average Bonchev–Trinajstić information content (AvgIpc) is 3.11. The van der Waals surface area contributed by atoms with Crippen LogP contribution in [0.1, 0.15) is 15.9 Å². The summed E-state index contributed by atoms with van der Waals surface area (Å²) in [5, 5.41) is 10.9. The van der Waals surface area contributed by atoms with Crippen molar-refractivity contribution in [2.24, 2.45) is 0 Å². The molecule has 7 heteroatoms. The monoisotopic (exact) mass is 310 g/mol. The summed E-state index contributed by atoms with van der Waals surface area (Å²) in [6.45, 7) is 0.508. The molecule has 0 radical (unpaired) electrons. The maximum absolute atomic E-state index is 12.1. The second-order valence-corrected chi connectivity index (χ2v) is 4.77. The van der Waals surface area contributed by atoms with Gasteiger partial charge in [-0.15, -0.1) is 5.10 Å². The predicted octanol–water partition coefficient (Wildman–Crippen LogP) is 2.03. The maximum Gasteiger partial charge on any atom is 0.343 e. The fourth-order valence-corrected chi connectivity index (χ4v) is 2.02. The Bertz CT molecular complexity index is 768. The molecule has 0 aliphatic rings. The molecule has 0 aliphatic heterocycles. The van der Waals surface area contributed by atoms with Crippen LogP contribution in [0.15, 0.2) is 54.9 Å². The van der Waals surface area contributed by atoms with E-state index in [2.05, 4.69) is 15.5 Å². The van der Waals surface area contributed by atoms with Crippen LogP contribution < -0.4 is 4.74 Å². The number of carbonyl (C=O) groups is 1. The fraction of sp³-hybridized carbons (Fsp3) is 0.125. The molecule has 0 aliphatic carbocycles. The number of aromatic nitrogens is 4. The van der Waals surface area contributed by atoms with E-state index in [0.717, 1.165) is 11.3 Å². The van der Waals surface area contributed by atoms with Gasteiger partial charge >= 0.3 is 5.97 Å². The Morgan fingerprint density at radius 1 is 1.09 bits per heavy atom. The van der Waals surface area contributed by atoms with Gasteiger partial charge in [-0.3, -0.25) is 0 Å². The van der Waals surface area contributed by atoms with Crippen LogP contribution in [0.5, 0.6) is 5.75 Å². The Balaban J connectivity index is 1.67. The lowest BCUT2D eigenvalue weighted by atomic mass is 10.1. The summed E-state index contributed by atoms with van der Waals surface area (Å²) in [5.74, 6) is 0.0388. The second-order valence-electron chi connectivity index (χ2n) is 4.77. The molecule has 116 valence electrons. The van der Waals surface area contributed by atoms with Crippen molar-refractivity contribution in [3.05, 3.63) is 66.0 Å². The van der Waals surface area contributed by atoms with E-state index in [0.29, 0.717) is 17.9 Å². The Kier molecular flexibility index (Phi) is 4.39. The van der Waals surface area contributed by atoms with E-state index in [-0.39, 0.29) is 0 Å². The van der Waals surface area contributed by atoms with Gasteiger partial charge < -0.3 is 9.47 Å². The van der Waals surface area contributed by atoms with E-state index in [1.165, 1.54) is 11.0 Å². The van der Waals surface area contributed by atoms with Gasteiger partial charge in [0.1, 0.15) is 12.1 Å². The van der Waals surface area contributed by atoms with E-state index in [9.17, 15) is 4.79 Å². The molecule has 0 fully saturated rings. The first kappa shape index (κ1) is 14.9. The summed E-state index contributed by atoms with van der Waals surface area (Å²) < 4.78 is 11.9. The number of rotatable bonds is 5. The third-order valence-corrected chi connectivity index (χ3v) is 3.16. The van der Waals surface area contributed by atoms with Crippen LogP contribution in [0, 0.1) is 0 Å². The summed E-state index contributed by atoms with van der Waals surface area (Å²) in [7, 11) is 1.63. The van der Waals surface area contributed by atoms with Crippen molar-refractivity contribution in [2.75, 3.05) is 7.11 Å². The zero-order chi connectivity index (χ0) is 16.1. The number of nitrogens with zero attached hydrogens (tertiary/aromatic N) is 4. The molecule has 0 spiro atoms. The largest absolute Gasteiger partial charge is 0.423 e. The normalized spacial score (nSPS) is 10.5. The number of benzene rings is 2. The highest BCUT2D eigenvalue weighted by Crippen LogP contribution is 2.16. The molecule has 0 saturated carbocycles. The highest BCUT2D eigenvalue weighted by atomic mass is 16.5. The van der Waals surface area contributed by atoms with E-state index in [1.807, 2.05) is 12.1 Å². The van der Waals surface area contributed by atoms with Gasteiger partial charge in [0.25, 0.3) is 0 Å². The lowest BCUT2D eigenvalue weighted by Crippen LogP contribution is -2.08. The highest BCUT2D eigenvalue weighted by molar-refractivity contribution is 5.91. The SMILES string of the molecule is COCc1ccc(C(=O)Oc2ccc(-n3cnnn3)cc2)cc1. The maximum atomic E-state index is 12.1. The smallest absolute Gasteiger partial charge is 0.343 e. The first-order valence-electron chi connectivity index (χ1n) is 6.90. The van der Waals surface area contributed by atoms with Gasteiger partial charge in [-0.05, 0) is 52.4 Å². The number of tetrazole rings is 1. The first-order chi connectivity index (χ1) is 11.3. The molecule has 0 amide bonds. The zero-order valence-electron chi connectivity index (χ0n) is 12.4. The Hall–Kier alpha value is -3.06. The lowest BCUT2D eigenvalue weighted by Gasteiger charge is -2.06. The zero-order valence-corrected chi connectivity index (χ0v) is 12.4. The number of esters is 1. The summed E-state index contributed by atoms with van der Waals surface area (Å²) in [5.41, 5.74) is 2.25. The van der Waals surface area contributed by atoms with Crippen molar-refractivity contribution in [2.45, 2.75) is 6.61 Å².